The highest BCUT2D eigenvalue weighted by atomic mass is 32.1. The lowest BCUT2D eigenvalue weighted by Crippen LogP contribution is -2.08. The zero-order valence-electron chi connectivity index (χ0n) is 8.27. The van der Waals surface area contributed by atoms with E-state index in [0.717, 1.165) is 0 Å². The normalized spacial score (nSPS) is 10.0. The van der Waals surface area contributed by atoms with Crippen LogP contribution in [0, 0.1) is 0 Å². The van der Waals surface area contributed by atoms with Gasteiger partial charge in [-0.25, -0.2) is 4.98 Å². The van der Waals surface area contributed by atoms with Crippen molar-refractivity contribution >= 4 is 24.4 Å². The Labute approximate surface area is 93.0 Å². The molecule has 0 saturated carbocycles. The van der Waals surface area contributed by atoms with Gasteiger partial charge in [0.25, 0.3) is 0 Å². The van der Waals surface area contributed by atoms with Crippen LogP contribution < -0.4 is 10.5 Å². The first-order valence-corrected chi connectivity index (χ1v) is 4.88. The Hall–Kier alpha value is -1.27. The molecular weight excluding hydrogens is 216 g/mol. The number of ether oxygens (including phenoxy) is 2. The van der Waals surface area contributed by atoms with E-state index in [1.807, 2.05) is 0 Å². The monoisotopic (exact) mass is 228 g/mol. The van der Waals surface area contributed by atoms with Crippen LogP contribution in [0.5, 0.6) is 5.75 Å². The van der Waals surface area contributed by atoms with Crippen LogP contribution in [0.25, 0.3) is 0 Å². The predicted molar refractivity (Wildman–Crippen MR) is 58.6 cm³/mol. The van der Waals surface area contributed by atoms with Gasteiger partial charge >= 0.3 is 5.97 Å². The number of aromatic nitrogens is 1. The maximum absolute atomic E-state index is 10.8. The molecule has 6 heteroatoms. The van der Waals surface area contributed by atoms with E-state index >= 15 is 0 Å². The molecule has 0 amide bonds. The molecule has 82 valence electrons. The molecule has 5 nitrogen and oxygen atoms in total. The lowest BCUT2D eigenvalue weighted by atomic mass is 10.2. The summed E-state index contributed by atoms with van der Waals surface area (Å²) in [5.74, 6) is 0.508. The zero-order chi connectivity index (χ0) is 11.3. The van der Waals surface area contributed by atoms with Gasteiger partial charge in [-0.15, -0.1) is 0 Å². The van der Waals surface area contributed by atoms with Crippen molar-refractivity contribution < 1.29 is 14.3 Å². The van der Waals surface area contributed by atoms with E-state index < -0.39 is 5.97 Å². The molecule has 1 heterocycles. The second-order valence-corrected chi connectivity index (χ2v) is 3.00. The molecule has 0 aliphatic carbocycles. The molecule has 0 spiro atoms. The van der Waals surface area contributed by atoms with Crippen LogP contribution >= 0.6 is 12.6 Å². The van der Waals surface area contributed by atoms with Crippen LogP contribution in [-0.2, 0) is 16.1 Å². The average molecular weight is 228 g/mol. The Morgan fingerprint density at radius 3 is 3.00 bits per heavy atom. The van der Waals surface area contributed by atoms with Crippen molar-refractivity contribution in [2.24, 2.45) is 0 Å². The molecule has 0 aliphatic rings. The van der Waals surface area contributed by atoms with Crippen LogP contribution in [0.3, 0.4) is 0 Å². The van der Waals surface area contributed by atoms with Gasteiger partial charge in [-0.3, -0.25) is 4.79 Å². The molecule has 1 rings (SSSR count). The summed E-state index contributed by atoms with van der Waals surface area (Å²) in [5, 5.41) is 0. The summed E-state index contributed by atoms with van der Waals surface area (Å²) in [5.41, 5.74) is 6.19. The number of esters is 1. The maximum Gasteiger partial charge on any atom is 0.308 e. The van der Waals surface area contributed by atoms with Crippen LogP contribution in [-0.4, -0.2) is 16.9 Å². The van der Waals surface area contributed by atoms with Crippen molar-refractivity contribution in [2.45, 2.75) is 13.5 Å². The van der Waals surface area contributed by atoms with E-state index in [9.17, 15) is 4.79 Å². The highest BCUT2D eigenvalue weighted by molar-refractivity contribution is 7.80. The van der Waals surface area contributed by atoms with Crippen LogP contribution in [0.1, 0.15) is 12.5 Å². The average Bonchev–Trinajstić information content (AvgIpc) is 2.16. The minimum Gasteiger partial charge on any atom is -0.426 e. The number of hydrogen-bond donors (Lipinski definition) is 2. The minimum atomic E-state index is -0.410. The number of hydrogen-bond acceptors (Lipinski definition) is 6. The molecule has 0 unspecified atom stereocenters. The third kappa shape index (κ3) is 3.41. The second kappa shape index (κ2) is 5.57. The lowest BCUT2D eigenvalue weighted by molar-refractivity contribution is -0.131. The Bertz CT molecular complexity index is 357. The maximum atomic E-state index is 10.8. The fourth-order valence-electron chi connectivity index (χ4n) is 1.03. The summed E-state index contributed by atoms with van der Waals surface area (Å²) in [7, 11) is 0. The van der Waals surface area contributed by atoms with Crippen LogP contribution in [0.2, 0.25) is 0 Å². The van der Waals surface area contributed by atoms with Crippen LogP contribution in [0.4, 0.5) is 5.82 Å². The molecule has 0 atom stereocenters. The predicted octanol–water partition coefficient (Wildman–Crippen LogP) is 0.993. The fraction of sp³-hybridized carbons (Fsp3) is 0.333. The van der Waals surface area contributed by atoms with Gasteiger partial charge in [0.1, 0.15) is 11.6 Å². The van der Waals surface area contributed by atoms with Gasteiger partial charge in [-0.2, -0.15) is 12.6 Å². The third-order valence-electron chi connectivity index (χ3n) is 1.64. The molecular formula is C9H12N2O3S. The van der Waals surface area contributed by atoms with E-state index in [2.05, 4.69) is 17.6 Å². The molecule has 0 saturated heterocycles. The zero-order valence-corrected chi connectivity index (χ0v) is 9.16. The summed E-state index contributed by atoms with van der Waals surface area (Å²) >= 11 is 3.90. The Kier molecular flexibility index (Phi) is 4.38. The summed E-state index contributed by atoms with van der Waals surface area (Å²) in [6, 6.07) is 1.56. The van der Waals surface area contributed by atoms with E-state index in [0.29, 0.717) is 11.3 Å². The van der Waals surface area contributed by atoms with Crippen molar-refractivity contribution in [2.75, 3.05) is 11.7 Å². The summed E-state index contributed by atoms with van der Waals surface area (Å²) in [4.78, 5) is 14.7. The van der Waals surface area contributed by atoms with Gasteiger partial charge < -0.3 is 15.2 Å². The SMILES string of the molecule is CC(=O)Oc1ccnc(N)c1COCS. The number of nitrogens with zero attached hydrogens (tertiary/aromatic N) is 1. The number of carbonyl (C=O) groups excluding carboxylic acids is 1. The van der Waals surface area contributed by atoms with Gasteiger partial charge in [0, 0.05) is 13.1 Å². The Morgan fingerprint density at radius 1 is 1.67 bits per heavy atom. The van der Waals surface area contributed by atoms with Crippen molar-refractivity contribution in [3.05, 3.63) is 17.8 Å². The van der Waals surface area contributed by atoms with Gasteiger partial charge in [-0.1, -0.05) is 0 Å². The topological polar surface area (TPSA) is 74.4 Å². The first-order chi connectivity index (χ1) is 7.15. The Balaban J connectivity index is 2.92. The largest absolute Gasteiger partial charge is 0.426 e. The number of thiol groups is 1. The lowest BCUT2D eigenvalue weighted by Gasteiger charge is -2.10. The number of anilines is 1. The molecule has 2 N–H and O–H groups in total. The minimum absolute atomic E-state index is 0.214. The molecule has 0 fully saturated rings. The molecule has 0 radical (unpaired) electrons. The number of nitrogen functional groups attached to an aromatic ring is 1. The van der Waals surface area contributed by atoms with Gasteiger partial charge in [0.2, 0.25) is 0 Å². The quantitative estimate of drug-likeness (QED) is 0.457. The smallest absolute Gasteiger partial charge is 0.308 e. The van der Waals surface area contributed by atoms with Crippen LogP contribution in [0.15, 0.2) is 12.3 Å². The summed E-state index contributed by atoms with van der Waals surface area (Å²) in [6.07, 6.45) is 1.47. The number of rotatable bonds is 4. The molecule has 0 aromatic carbocycles. The fourth-order valence-corrected chi connectivity index (χ4v) is 1.12. The summed E-state index contributed by atoms with van der Waals surface area (Å²) < 4.78 is 10.0. The van der Waals surface area contributed by atoms with Crippen molar-refractivity contribution in [3.63, 3.8) is 0 Å². The molecule has 1 aromatic rings. The van der Waals surface area contributed by atoms with Crippen molar-refractivity contribution in [3.8, 4) is 5.75 Å². The highest BCUT2D eigenvalue weighted by Crippen LogP contribution is 2.23. The van der Waals surface area contributed by atoms with Crippen molar-refractivity contribution in [1.82, 2.24) is 4.98 Å². The van der Waals surface area contributed by atoms with Gasteiger partial charge in [0.05, 0.1) is 18.1 Å². The standard InChI is InChI=1S/C9H12N2O3S/c1-6(12)14-8-2-3-11-9(10)7(8)4-13-5-15/h2-3,15H,4-5H2,1H3,(H2,10,11). The van der Waals surface area contributed by atoms with Crippen molar-refractivity contribution in [1.29, 1.82) is 0 Å². The molecule has 15 heavy (non-hydrogen) atoms. The highest BCUT2D eigenvalue weighted by Gasteiger charge is 2.10. The van der Waals surface area contributed by atoms with E-state index in [1.165, 1.54) is 13.1 Å². The van der Waals surface area contributed by atoms with Gasteiger partial charge in [-0.05, 0) is 6.07 Å². The Morgan fingerprint density at radius 2 is 2.40 bits per heavy atom. The van der Waals surface area contributed by atoms with E-state index in [4.69, 9.17) is 15.2 Å². The first kappa shape index (κ1) is 11.8. The number of nitrogens with two attached hydrogens (primary N) is 1. The van der Waals surface area contributed by atoms with E-state index in [1.54, 1.807) is 6.07 Å². The number of pyridine rings is 1. The summed E-state index contributed by atoms with van der Waals surface area (Å²) in [6.45, 7) is 1.53. The molecule has 1 aromatic heterocycles. The van der Waals surface area contributed by atoms with Gasteiger partial charge in [0.15, 0.2) is 0 Å². The van der Waals surface area contributed by atoms with E-state index in [-0.39, 0.29) is 18.4 Å². The third-order valence-corrected chi connectivity index (χ3v) is 1.82. The molecule has 0 bridgehead atoms. The molecule has 0 aliphatic heterocycles. The second-order valence-electron chi connectivity index (χ2n) is 2.74. The number of carbonyl (C=O) groups is 1. The first-order valence-electron chi connectivity index (χ1n) is 4.25.